The highest BCUT2D eigenvalue weighted by Crippen LogP contribution is 1.99. The molecule has 1 heterocycles. The SMILES string of the molecule is C=C1/C=C\NNC=NC1=NCCNC. The zero-order valence-electron chi connectivity index (χ0n) is 8.25. The van der Waals surface area contributed by atoms with E-state index in [1.807, 2.05) is 13.1 Å². The van der Waals surface area contributed by atoms with Crippen molar-refractivity contribution in [1.82, 2.24) is 16.2 Å². The fourth-order valence-electron chi connectivity index (χ4n) is 0.894. The van der Waals surface area contributed by atoms with Crippen molar-refractivity contribution < 1.29 is 0 Å². The minimum atomic E-state index is 0.658. The van der Waals surface area contributed by atoms with E-state index in [1.165, 1.54) is 0 Å². The second-order valence-corrected chi connectivity index (χ2v) is 2.71. The number of likely N-dealkylation sites (N-methyl/N-ethyl adjacent to an activating group) is 1. The van der Waals surface area contributed by atoms with Crippen LogP contribution in [0.15, 0.2) is 34.4 Å². The number of hydrogen-bond donors (Lipinski definition) is 3. The normalized spacial score (nSPS) is 20.9. The maximum atomic E-state index is 4.29. The number of hydrazine groups is 1. The molecule has 5 heteroatoms. The van der Waals surface area contributed by atoms with Gasteiger partial charge in [0.25, 0.3) is 0 Å². The van der Waals surface area contributed by atoms with Crippen molar-refractivity contribution in [3.63, 3.8) is 0 Å². The summed E-state index contributed by atoms with van der Waals surface area (Å²) in [6.45, 7) is 5.39. The van der Waals surface area contributed by atoms with Crippen molar-refractivity contribution in [2.75, 3.05) is 20.1 Å². The molecule has 1 rings (SSSR count). The van der Waals surface area contributed by atoms with Crippen LogP contribution in [0.3, 0.4) is 0 Å². The molecule has 76 valence electrons. The van der Waals surface area contributed by atoms with Gasteiger partial charge in [-0.3, -0.25) is 10.4 Å². The predicted molar refractivity (Wildman–Crippen MR) is 59.3 cm³/mol. The van der Waals surface area contributed by atoms with Gasteiger partial charge in [-0.1, -0.05) is 6.58 Å². The van der Waals surface area contributed by atoms with E-state index < -0.39 is 0 Å². The summed E-state index contributed by atoms with van der Waals surface area (Å²) in [7, 11) is 1.89. The summed E-state index contributed by atoms with van der Waals surface area (Å²) in [6, 6.07) is 0. The number of nitrogens with zero attached hydrogens (tertiary/aromatic N) is 2. The highest BCUT2D eigenvalue weighted by atomic mass is 15.3. The molecule has 0 aromatic rings. The van der Waals surface area contributed by atoms with Crippen LogP contribution in [0.5, 0.6) is 0 Å². The third-order valence-electron chi connectivity index (χ3n) is 1.61. The first kappa shape index (κ1) is 10.5. The van der Waals surface area contributed by atoms with Gasteiger partial charge in [0.05, 0.1) is 6.54 Å². The van der Waals surface area contributed by atoms with E-state index in [9.17, 15) is 0 Å². The van der Waals surface area contributed by atoms with E-state index in [4.69, 9.17) is 0 Å². The van der Waals surface area contributed by atoms with Crippen molar-refractivity contribution in [2.24, 2.45) is 9.98 Å². The average molecular weight is 193 g/mol. The fraction of sp³-hybridized carbons (Fsp3) is 0.333. The Morgan fingerprint density at radius 1 is 1.57 bits per heavy atom. The summed E-state index contributed by atoms with van der Waals surface area (Å²) in [5.41, 5.74) is 6.36. The molecule has 0 saturated carbocycles. The maximum absolute atomic E-state index is 4.29. The molecule has 0 saturated heterocycles. The second-order valence-electron chi connectivity index (χ2n) is 2.71. The van der Waals surface area contributed by atoms with Gasteiger partial charge in [-0.15, -0.1) is 0 Å². The highest BCUT2D eigenvalue weighted by molar-refractivity contribution is 6.04. The Kier molecular flexibility index (Phi) is 4.43. The number of rotatable bonds is 3. The van der Waals surface area contributed by atoms with Crippen molar-refractivity contribution >= 4 is 12.2 Å². The third-order valence-corrected chi connectivity index (χ3v) is 1.61. The van der Waals surface area contributed by atoms with Gasteiger partial charge < -0.3 is 10.7 Å². The van der Waals surface area contributed by atoms with Crippen LogP contribution in [0.25, 0.3) is 0 Å². The first-order valence-electron chi connectivity index (χ1n) is 4.43. The molecule has 3 N–H and O–H groups in total. The van der Waals surface area contributed by atoms with E-state index in [1.54, 1.807) is 12.5 Å². The van der Waals surface area contributed by atoms with Gasteiger partial charge in [0.15, 0.2) is 5.84 Å². The number of amidine groups is 1. The zero-order valence-corrected chi connectivity index (χ0v) is 8.25. The van der Waals surface area contributed by atoms with Gasteiger partial charge in [-0.2, -0.15) is 0 Å². The molecule has 0 aromatic carbocycles. The van der Waals surface area contributed by atoms with E-state index in [0.29, 0.717) is 12.4 Å². The quantitative estimate of drug-likeness (QED) is 0.544. The summed E-state index contributed by atoms with van der Waals surface area (Å²) in [4.78, 5) is 8.40. The largest absolute Gasteiger partial charge is 0.318 e. The van der Waals surface area contributed by atoms with Crippen LogP contribution in [0.4, 0.5) is 0 Å². The van der Waals surface area contributed by atoms with Gasteiger partial charge >= 0.3 is 0 Å². The molecule has 0 aliphatic carbocycles. The van der Waals surface area contributed by atoms with E-state index >= 15 is 0 Å². The number of hydrogen-bond acceptors (Lipinski definition) is 4. The molecule has 1 aliphatic heterocycles. The molecular formula is C9H15N5. The lowest BCUT2D eigenvalue weighted by Gasteiger charge is -2.06. The van der Waals surface area contributed by atoms with Gasteiger partial charge in [0, 0.05) is 18.3 Å². The van der Waals surface area contributed by atoms with Crippen molar-refractivity contribution in [1.29, 1.82) is 0 Å². The monoisotopic (exact) mass is 193 g/mol. The van der Waals surface area contributed by atoms with Crippen LogP contribution in [0.2, 0.25) is 0 Å². The fourth-order valence-corrected chi connectivity index (χ4v) is 0.894. The highest BCUT2D eigenvalue weighted by Gasteiger charge is 1.99. The first-order valence-corrected chi connectivity index (χ1v) is 4.43. The van der Waals surface area contributed by atoms with Crippen molar-refractivity contribution in [3.8, 4) is 0 Å². The summed E-state index contributed by atoms with van der Waals surface area (Å²) in [6.07, 6.45) is 5.12. The van der Waals surface area contributed by atoms with E-state index in [0.717, 1.165) is 12.1 Å². The lowest BCUT2D eigenvalue weighted by molar-refractivity contribution is 0.801. The van der Waals surface area contributed by atoms with Crippen LogP contribution in [0.1, 0.15) is 0 Å². The van der Waals surface area contributed by atoms with Crippen LogP contribution in [-0.2, 0) is 0 Å². The lowest BCUT2D eigenvalue weighted by Crippen LogP contribution is -2.26. The molecule has 0 aromatic heterocycles. The molecule has 1 aliphatic rings. The minimum Gasteiger partial charge on any atom is -0.318 e. The van der Waals surface area contributed by atoms with Crippen LogP contribution < -0.4 is 16.2 Å². The number of aliphatic imine (C=N–C) groups is 2. The van der Waals surface area contributed by atoms with Crippen molar-refractivity contribution in [3.05, 3.63) is 24.4 Å². The molecule has 0 radical (unpaired) electrons. The lowest BCUT2D eigenvalue weighted by atomic mass is 10.2. The van der Waals surface area contributed by atoms with Crippen LogP contribution in [0, 0.1) is 0 Å². The second kappa shape index (κ2) is 5.93. The molecule has 0 spiro atoms. The zero-order chi connectivity index (χ0) is 10.2. The minimum absolute atomic E-state index is 0.658. The smallest absolute Gasteiger partial charge is 0.155 e. The summed E-state index contributed by atoms with van der Waals surface area (Å²) >= 11 is 0. The maximum Gasteiger partial charge on any atom is 0.155 e. The Morgan fingerprint density at radius 2 is 2.43 bits per heavy atom. The molecule has 0 amide bonds. The summed E-state index contributed by atoms with van der Waals surface area (Å²) in [5, 5.41) is 3.02. The van der Waals surface area contributed by atoms with Crippen molar-refractivity contribution in [2.45, 2.75) is 0 Å². The molecule has 5 nitrogen and oxygen atoms in total. The van der Waals surface area contributed by atoms with Crippen LogP contribution in [-0.4, -0.2) is 32.3 Å². The van der Waals surface area contributed by atoms with Gasteiger partial charge in [0.2, 0.25) is 0 Å². The van der Waals surface area contributed by atoms with Gasteiger partial charge in [-0.05, 0) is 13.1 Å². The molecule has 0 unspecified atom stereocenters. The molecule has 0 fully saturated rings. The summed E-state index contributed by atoms with van der Waals surface area (Å²) < 4.78 is 0. The number of nitrogens with one attached hydrogen (secondary N) is 3. The van der Waals surface area contributed by atoms with E-state index in [-0.39, 0.29) is 0 Å². The Morgan fingerprint density at radius 3 is 3.21 bits per heavy atom. The van der Waals surface area contributed by atoms with Crippen LogP contribution >= 0.6 is 0 Å². The Labute approximate surface area is 83.7 Å². The summed E-state index contributed by atoms with van der Waals surface area (Å²) in [5.74, 6) is 0.658. The Bertz CT molecular complexity index is 277. The molecule has 0 atom stereocenters. The molecular weight excluding hydrogens is 178 g/mol. The van der Waals surface area contributed by atoms with E-state index in [2.05, 4.69) is 32.7 Å². The van der Waals surface area contributed by atoms with Gasteiger partial charge in [-0.25, -0.2) is 4.99 Å². The molecule has 0 bridgehead atoms. The Balaban J connectivity index is 2.62. The average Bonchev–Trinajstić information content (AvgIpc) is 2.17. The first-order chi connectivity index (χ1) is 6.84. The topological polar surface area (TPSA) is 60.8 Å². The third kappa shape index (κ3) is 3.40. The molecule has 14 heavy (non-hydrogen) atoms. The van der Waals surface area contributed by atoms with Gasteiger partial charge in [0.1, 0.15) is 6.34 Å². The predicted octanol–water partition coefficient (Wildman–Crippen LogP) is -0.190. The standard InChI is InChI=1S/C9H15N5/c1-8-3-4-13-14-7-12-9(8)11-6-5-10-2/h3-4,7,10,13H,1,5-6H2,2H3,(H,11,12,14)/b4-3-. The Hall–Kier alpha value is -1.62.